The molecule has 8 heteroatoms. The van der Waals surface area contributed by atoms with E-state index in [0.29, 0.717) is 22.9 Å². The van der Waals surface area contributed by atoms with Crippen molar-refractivity contribution in [2.24, 2.45) is 7.05 Å². The van der Waals surface area contributed by atoms with E-state index in [-0.39, 0.29) is 5.91 Å². The molecule has 5 aromatic rings. The Morgan fingerprint density at radius 2 is 1.91 bits per heavy atom. The number of aromatic nitrogens is 5. The van der Waals surface area contributed by atoms with Crippen molar-refractivity contribution in [1.82, 2.24) is 25.0 Å². The first kappa shape index (κ1) is 21.1. The zero-order valence-corrected chi connectivity index (χ0v) is 18.7. The van der Waals surface area contributed by atoms with Gasteiger partial charge in [0.1, 0.15) is 17.2 Å². The molecular formula is C26H22N6O2. The number of hydrogen-bond acceptors (Lipinski definition) is 5. The number of benzene rings is 2. The van der Waals surface area contributed by atoms with Crippen molar-refractivity contribution < 1.29 is 9.53 Å². The summed E-state index contributed by atoms with van der Waals surface area (Å²) in [6.45, 7) is 1.85. The van der Waals surface area contributed by atoms with Crippen molar-refractivity contribution in [3.8, 4) is 11.5 Å². The second kappa shape index (κ2) is 9.03. The van der Waals surface area contributed by atoms with Crippen LogP contribution in [0.25, 0.3) is 23.1 Å². The summed E-state index contributed by atoms with van der Waals surface area (Å²) < 4.78 is 7.60. The van der Waals surface area contributed by atoms with E-state index < -0.39 is 0 Å². The Balaban J connectivity index is 1.31. The van der Waals surface area contributed by atoms with Crippen LogP contribution in [0.2, 0.25) is 0 Å². The molecule has 0 spiro atoms. The van der Waals surface area contributed by atoms with Crippen LogP contribution in [0.1, 0.15) is 27.6 Å². The Morgan fingerprint density at radius 1 is 1.03 bits per heavy atom. The number of ether oxygens (including phenoxy) is 1. The van der Waals surface area contributed by atoms with Crippen molar-refractivity contribution in [2.75, 3.05) is 5.32 Å². The predicted octanol–water partition coefficient (Wildman–Crippen LogP) is 5.21. The molecule has 168 valence electrons. The predicted molar refractivity (Wildman–Crippen MR) is 132 cm³/mol. The molecular weight excluding hydrogens is 428 g/mol. The lowest BCUT2D eigenvalue weighted by Gasteiger charge is -2.09. The van der Waals surface area contributed by atoms with Crippen molar-refractivity contribution in [3.05, 3.63) is 95.7 Å². The lowest BCUT2D eigenvalue weighted by molar-refractivity contribution is 0.101. The summed E-state index contributed by atoms with van der Waals surface area (Å²) in [6, 6.07) is 20.5. The maximum absolute atomic E-state index is 12.6. The molecule has 0 radical (unpaired) electrons. The highest BCUT2D eigenvalue weighted by molar-refractivity contribution is 6.03. The van der Waals surface area contributed by atoms with E-state index in [1.165, 1.54) is 0 Å². The standard InChI is InChI=1S/C26H22N6O2/c1-17-14-25(32(2)31-17)26(33)28-19-7-5-8-20(15-19)34-21-10-11-22-23(29-30-24(22)16-21)12-9-18-6-3-4-13-27-18/h3-16H,1-2H3,(H,28,33)(H,29,30). The van der Waals surface area contributed by atoms with Crippen LogP contribution in [-0.4, -0.2) is 30.9 Å². The fraction of sp³-hybridized carbons (Fsp3) is 0.0769. The average molecular weight is 451 g/mol. The highest BCUT2D eigenvalue weighted by atomic mass is 16.5. The first-order chi connectivity index (χ1) is 16.5. The molecule has 0 fully saturated rings. The molecule has 0 atom stereocenters. The largest absolute Gasteiger partial charge is 0.457 e. The van der Waals surface area contributed by atoms with Gasteiger partial charge >= 0.3 is 0 Å². The highest BCUT2D eigenvalue weighted by Crippen LogP contribution is 2.28. The Bertz CT molecular complexity index is 1500. The van der Waals surface area contributed by atoms with Crippen LogP contribution in [0.4, 0.5) is 5.69 Å². The first-order valence-electron chi connectivity index (χ1n) is 10.7. The van der Waals surface area contributed by atoms with Gasteiger partial charge in [0.2, 0.25) is 0 Å². The molecule has 2 aromatic carbocycles. The number of carbonyl (C=O) groups excluding carboxylic acids is 1. The number of hydrogen-bond donors (Lipinski definition) is 2. The molecule has 0 saturated heterocycles. The minimum absolute atomic E-state index is 0.231. The number of anilines is 1. The summed E-state index contributed by atoms with van der Waals surface area (Å²) in [4.78, 5) is 16.9. The normalized spacial score (nSPS) is 11.2. The number of carbonyl (C=O) groups is 1. The molecule has 0 aliphatic rings. The number of nitrogens with zero attached hydrogens (tertiary/aromatic N) is 4. The molecule has 8 nitrogen and oxygen atoms in total. The third-order valence-corrected chi connectivity index (χ3v) is 5.23. The van der Waals surface area contributed by atoms with Crippen molar-refractivity contribution in [2.45, 2.75) is 6.92 Å². The van der Waals surface area contributed by atoms with Gasteiger partial charge in [0.05, 0.1) is 22.6 Å². The van der Waals surface area contributed by atoms with E-state index in [1.54, 1.807) is 30.1 Å². The van der Waals surface area contributed by atoms with Gasteiger partial charge in [0.15, 0.2) is 0 Å². The fourth-order valence-corrected chi connectivity index (χ4v) is 3.64. The molecule has 0 aliphatic heterocycles. The summed E-state index contributed by atoms with van der Waals surface area (Å²) in [5.74, 6) is 1.03. The molecule has 34 heavy (non-hydrogen) atoms. The first-order valence-corrected chi connectivity index (χ1v) is 10.7. The number of H-pyrrole nitrogens is 1. The van der Waals surface area contributed by atoms with E-state index >= 15 is 0 Å². The van der Waals surface area contributed by atoms with Crippen LogP contribution < -0.4 is 10.1 Å². The number of aryl methyl sites for hydroxylation is 2. The van der Waals surface area contributed by atoms with Gasteiger partial charge < -0.3 is 10.1 Å². The van der Waals surface area contributed by atoms with Crippen LogP contribution >= 0.6 is 0 Å². The zero-order valence-electron chi connectivity index (χ0n) is 18.7. The SMILES string of the molecule is Cc1cc(C(=O)Nc2cccc(Oc3ccc4c(C=Cc5ccccn5)n[nH]c4c3)c2)n(C)n1. The fourth-order valence-electron chi connectivity index (χ4n) is 3.64. The average Bonchev–Trinajstić information content (AvgIpc) is 3.40. The highest BCUT2D eigenvalue weighted by Gasteiger charge is 2.12. The van der Waals surface area contributed by atoms with Crippen molar-refractivity contribution in [3.63, 3.8) is 0 Å². The molecule has 3 heterocycles. The van der Waals surface area contributed by atoms with Gasteiger partial charge in [-0.05, 0) is 61.5 Å². The lowest BCUT2D eigenvalue weighted by atomic mass is 10.2. The van der Waals surface area contributed by atoms with Gasteiger partial charge in [0, 0.05) is 36.5 Å². The number of nitrogens with one attached hydrogen (secondary N) is 2. The van der Waals surface area contributed by atoms with Gasteiger partial charge in [0.25, 0.3) is 5.91 Å². The lowest BCUT2D eigenvalue weighted by Crippen LogP contribution is -2.16. The second-order valence-corrected chi connectivity index (χ2v) is 7.78. The van der Waals surface area contributed by atoms with Crippen LogP contribution in [0.15, 0.2) is 72.9 Å². The third-order valence-electron chi connectivity index (χ3n) is 5.23. The quantitative estimate of drug-likeness (QED) is 0.370. The molecule has 1 amide bonds. The van der Waals surface area contributed by atoms with E-state index in [1.807, 2.05) is 73.7 Å². The number of aromatic amines is 1. The maximum Gasteiger partial charge on any atom is 0.273 e. The molecule has 0 aliphatic carbocycles. The molecule has 0 unspecified atom stereocenters. The maximum atomic E-state index is 12.6. The summed E-state index contributed by atoms with van der Waals surface area (Å²) in [5.41, 5.74) is 4.45. The monoisotopic (exact) mass is 450 g/mol. The third kappa shape index (κ3) is 4.56. The van der Waals surface area contributed by atoms with E-state index in [2.05, 4.69) is 25.6 Å². The number of rotatable bonds is 6. The molecule has 0 bridgehead atoms. The minimum Gasteiger partial charge on any atom is -0.457 e. The van der Waals surface area contributed by atoms with Gasteiger partial charge in [-0.3, -0.25) is 19.6 Å². The molecule has 2 N–H and O–H groups in total. The van der Waals surface area contributed by atoms with Crippen LogP contribution in [0, 0.1) is 6.92 Å². The summed E-state index contributed by atoms with van der Waals surface area (Å²) >= 11 is 0. The van der Waals surface area contributed by atoms with Gasteiger partial charge in [-0.1, -0.05) is 12.1 Å². The van der Waals surface area contributed by atoms with E-state index in [0.717, 1.165) is 28.0 Å². The topological polar surface area (TPSA) is 97.7 Å². The van der Waals surface area contributed by atoms with Crippen molar-refractivity contribution in [1.29, 1.82) is 0 Å². The van der Waals surface area contributed by atoms with Crippen LogP contribution in [0.3, 0.4) is 0 Å². The Morgan fingerprint density at radius 3 is 2.71 bits per heavy atom. The van der Waals surface area contributed by atoms with E-state index in [4.69, 9.17) is 4.74 Å². The number of amides is 1. The smallest absolute Gasteiger partial charge is 0.273 e. The zero-order chi connectivity index (χ0) is 23.5. The van der Waals surface area contributed by atoms with Gasteiger partial charge in [-0.25, -0.2) is 0 Å². The van der Waals surface area contributed by atoms with Gasteiger partial charge in [-0.15, -0.1) is 0 Å². The number of fused-ring (bicyclic) bond motifs is 1. The van der Waals surface area contributed by atoms with E-state index in [9.17, 15) is 4.79 Å². The second-order valence-electron chi connectivity index (χ2n) is 7.78. The Kier molecular flexibility index (Phi) is 5.61. The van der Waals surface area contributed by atoms with Gasteiger partial charge in [-0.2, -0.15) is 10.2 Å². The van der Waals surface area contributed by atoms with Crippen molar-refractivity contribution >= 4 is 34.6 Å². The minimum atomic E-state index is -0.231. The number of pyridine rings is 1. The Labute approximate surface area is 195 Å². The van der Waals surface area contributed by atoms with Crippen LogP contribution in [-0.2, 0) is 7.05 Å². The summed E-state index contributed by atoms with van der Waals surface area (Å²) in [5, 5.41) is 15.5. The summed E-state index contributed by atoms with van der Waals surface area (Å²) in [7, 11) is 1.74. The van der Waals surface area contributed by atoms with Crippen LogP contribution in [0.5, 0.6) is 11.5 Å². The summed E-state index contributed by atoms with van der Waals surface area (Å²) in [6.07, 6.45) is 5.61. The molecule has 3 aromatic heterocycles. The molecule has 5 rings (SSSR count). The molecule has 0 saturated carbocycles. The Hall–Kier alpha value is -4.72.